The minimum Gasteiger partial charge on any atom is -0.550 e. The van der Waals surface area contributed by atoms with Crippen molar-refractivity contribution >= 4 is 5.97 Å². The summed E-state index contributed by atoms with van der Waals surface area (Å²) in [7, 11) is 0. The number of aliphatic carboxylic acids is 1. The topological polar surface area (TPSA) is 40.1 Å². The summed E-state index contributed by atoms with van der Waals surface area (Å²) in [6.45, 7) is 1.89. The van der Waals surface area contributed by atoms with Gasteiger partial charge in [0.2, 0.25) is 0 Å². The molecule has 0 unspecified atom stereocenters. The van der Waals surface area contributed by atoms with Crippen LogP contribution in [0.15, 0.2) is 24.3 Å². The van der Waals surface area contributed by atoms with E-state index in [0.717, 1.165) is 11.1 Å². The smallest absolute Gasteiger partial charge is 0.550 e. The number of carboxylic acid groups (broad SMARTS) is 1. The fourth-order valence-corrected chi connectivity index (χ4v) is 0.964. The molecule has 0 aromatic heterocycles. The van der Waals surface area contributed by atoms with Crippen LogP contribution >= 0.6 is 0 Å². The van der Waals surface area contributed by atoms with Crippen molar-refractivity contribution in [2.45, 2.75) is 13.3 Å². The third-order valence-corrected chi connectivity index (χ3v) is 1.60. The summed E-state index contributed by atoms with van der Waals surface area (Å²) in [6.07, 6.45) is 0.00662. The summed E-state index contributed by atoms with van der Waals surface area (Å²) in [4.78, 5) is 10.2. The standard InChI is InChI=1S/C9H10O2.K/c1-7-4-2-3-5-8(7)6-9(10)11;/h2-5H,6H2,1H3,(H,10,11);/q;+1/p-1. The quantitative estimate of drug-likeness (QED) is 0.474. The zero-order valence-corrected chi connectivity index (χ0v) is 10.5. The number of benzene rings is 1. The number of aryl methyl sites for hydroxylation is 1. The van der Waals surface area contributed by atoms with Crippen LogP contribution in [0.4, 0.5) is 0 Å². The third-order valence-electron chi connectivity index (χ3n) is 1.60. The molecule has 0 bridgehead atoms. The molecule has 3 heteroatoms. The summed E-state index contributed by atoms with van der Waals surface area (Å²) in [5.74, 6) is -1.03. The van der Waals surface area contributed by atoms with E-state index in [0.29, 0.717) is 0 Å². The fraction of sp³-hybridized carbons (Fsp3) is 0.222. The first-order chi connectivity index (χ1) is 5.20. The molecule has 0 saturated heterocycles. The molecule has 0 fully saturated rings. The summed E-state index contributed by atoms with van der Waals surface area (Å²) < 4.78 is 0. The molecule has 0 atom stereocenters. The fourth-order valence-electron chi connectivity index (χ4n) is 0.964. The number of rotatable bonds is 2. The van der Waals surface area contributed by atoms with E-state index in [1.807, 2.05) is 25.1 Å². The molecular formula is C9H9KO2. The Morgan fingerprint density at radius 3 is 2.50 bits per heavy atom. The van der Waals surface area contributed by atoms with Crippen molar-refractivity contribution in [2.75, 3.05) is 0 Å². The van der Waals surface area contributed by atoms with Crippen LogP contribution < -0.4 is 56.5 Å². The predicted octanol–water partition coefficient (Wildman–Crippen LogP) is -2.71. The average molecular weight is 188 g/mol. The van der Waals surface area contributed by atoms with Crippen LogP contribution in [-0.2, 0) is 11.2 Å². The summed E-state index contributed by atoms with van der Waals surface area (Å²) in [5, 5.41) is 10.2. The van der Waals surface area contributed by atoms with Gasteiger partial charge in [-0.15, -0.1) is 0 Å². The number of carboxylic acids is 1. The molecule has 0 N–H and O–H groups in total. The van der Waals surface area contributed by atoms with Crippen LogP contribution in [-0.4, -0.2) is 5.97 Å². The Morgan fingerprint density at radius 2 is 2.00 bits per heavy atom. The molecule has 12 heavy (non-hydrogen) atoms. The van der Waals surface area contributed by atoms with E-state index in [2.05, 4.69) is 0 Å². The van der Waals surface area contributed by atoms with E-state index in [4.69, 9.17) is 0 Å². The van der Waals surface area contributed by atoms with Gasteiger partial charge in [0.15, 0.2) is 0 Å². The number of carbonyl (C=O) groups excluding carboxylic acids is 1. The molecule has 0 radical (unpaired) electrons. The maximum absolute atomic E-state index is 10.2. The minimum absolute atomic E-state index is 0. The number of carbonyl (C=O) groups is 1. The van der Waals surface area contributed by atoms with E-state index in [1.165, 1.54) is 0 Å². The number of hydrogen-bond donors (Lipinski definition) is 0. The van der Waals surface area contributed by atoms with E-state index in [9.17, 15) is 9.90 Å². The van der Waals surface area contributed by atoms with Crippen LogP contribution in [0.3, 0.4) is 0 Å². The molecule has 0 aliphatic heterocycles. The van der Waals surface area contributed by atoms with E-state index < -0.39 is 5.97 Å². The summed E-state index contributed by atoms with van der Waals surface area (Å²) in [5.41, 5.74) is 1.82. The molecule has 58 valence electrons. The zero-order chi connectivity index (χ0) is 8.27. The first-order valence-corrected chi connectivity index (χ1v) is 3.44. The Morgan fingerprint density at radius 1 is 1.42 bits per heavy atom. The van der Waals surface area contributed by atoms with Crippen LogP contribution in [0.1, 0.15) is 11.1 Å². The van der Waals surface area contributed by atoms with Gasteiger partial charge in [-0.2, -0.15) is 0 Å². The van der Waals surface area contributed by atoms with E-state index >= 15 is 0 Å². The molecule has 0 aliphatic carbocycles. The van der Waals surface area contributed by atoms with Gasteiger partial charge >= 0.3 is 51.4 Å². The van der Waals surface area contributed by atoms with Crippen molar-refractivity contribution < 1.29 is 61.3 Å². The van der Waals surface area contributed by atoms with E-state index in [-0.39, 0.29) is 57.8 Å². The van der Waals surface area contributed by atoms with Crippen molar-refractivity contribution in [3.63, 3.8) is 0 Å². The monoisotopic (exact) mass is 188 g/mol. The molecule has 1 aromatic rings. The van der Waals surface area contributed by atoms with Gasteiger partial charge < -0.3 is 9.90 Å². The molecule has 1 aromatic carbocycles. The van der Waals surface area contributed by atoms with Gasteiger partial charge in [0.05, 0.1) is 0 Å². The van der Waals surface area contributed by atoms with Gasteiger partial charge in [-0.25, -0.2) is 0 Å². The van der Waals surface area contributed by atoms with E-state index in [1.54, 1.807) is 6.07 Å². The molecule has 2 nitrogen and oxygen atoms in total. The Kier molecular flexibility index (Phi) is 6.04. The van der Waals surface area contributed by atoms with Gasteiger partial charge in [-0.3, -0.25) is 0 Å². The molecule has 0 spiro atoms. The third kappa shape index (κ3) is 3.82. The SMILES string of the molecule is Cc1ccccc1CC(=O)[O-].[K+]. The molecular weight excluding hydrogens is 179 g/mol. The van der Waals surface area contributed by atoms with Crippen molar-refractivity contribution in [2.24, 2.45) is 0 Å². The van der Waals surface area contributed by atoms with Gasteiger partial charge in [0.25, 0.3) is 0 Å². The van der Waals surface area contributed by atoms with Crippen molar-refractivity contribution in [3.8, 4) is 0 Å². The first kappa shape index (κ1) is 12.3. The Labute approximate surface area is 114 Å². The van der Waals surface area contributed by atoms with Crippen LogP contribution in [0.5, 0.6) is 0 Å². The van der Waals surface area contributed by atoms with Gasteiger partial charge in [0.1, 0.15) is 0 Å². The summed E-state index contributed by atoms with van der Waals surface area (Å²) >= 11 is 0. The van der Waals surface area contributed by atoms with Crippen LogP contribution in [0.25, 0.3) is 0 Å². The molecule has 0 aliphatic rings. The Bertz CT molecular complexity index is 271. The zero-order valence-electron chi connectivity index (χ0n) is 7.33. The van der Waals surface area contributed by atoms with Crippen molar-refractivity contribution in [1.29, 1.82) is 0 Å². The van der Waals surface area contributed by atoms with Crippen LogP contribution in [0.2, 0.25) is 0 Å². The van der Waals surface area contributed by atoms with Gasteiger partial charge in [-0.05, 0) is 18.1 Å². The van der Waals surface area contributed by atoms with Crippen LogP contribution in [0, 0.1) is 6.92 Å². The normalized spacial score (nSPS) is 8.75. The average Bonchev–Trinajstić information content (AvgIpc) is 1.93. The minimum atomic E-state index is -1.03. The second-order valence-electron chi connectivity index (χ2n) is 2.48. The van der Waals surface area contributed by atoms with Crippen molar-refractivity contribution in [1.82, 2.24) is 0 Å². The molecule has 0 saturated carbocycles. The second-order valence-corrected chi connectivity index (χ2v) is 2.48. The molecule has 1 rings (SSSR count). The maximum atomic E-state index is 10.2. The maximum Gasteiger partial charge on any atom is 1.00 e. The Balaban J connectivity index is 0.00000121. The largest absolute Gasteiger partial charge is 1.00 e. The first-order valence-electron chi connectivity index (χ1n) is 3.44. The number of hydrogen-bond acceptors (Lipinski definition) is 2. The summed E-state index contributed by atoms with van der Waals surface area (Å²) in [6, 6.07) is 7.39. The van der Waals surface area contributed by atoms with Gasteiger partial charge in [-0.1, -0.05) is 24.3 Å². The molecule has 0 heterocycles. The second kappa shape index (κ2) is 5.88. The predicted molar refractivity (Wildman–Crippen MR) is 39.9 cm³/mol. The Hall–Kier alpha value is 0.326. The van der Waals surface area contributed by atoms with Gasteiger partial charge in [0, 0.05) is 12.4 Å². The molecule has 0 amide bonds. The van der Waals surface area contributed by atoms with Crippen molar-refractivity contribution in [3.05, 3.63) is 35.4 Å².